The first-order valence-electron chi connectivity index (χ1n) is 8.81. The lowest BCUT2D eigenvalue weighted by Gasteiger charge is -2.35. The van der Waals surface area contributed by atoms with Gasteiger partial charge in [0, 0.05) is 12.6 Å². The Morgan fingerprint density at radius 3 is 2.70 bits per heavy atom. The summed E-state index contributed by atoms with van der Waals surface area (Å²) in [7, 11) is 0. The molecule has 2 atom stereocenters. The third-order valence-electron chi connectivity index (χ3n) is 5.24. The van der Waals surface area contributed by atoms with E-state index in [2.05, 4.69) is 5.32 Å². The van der Waals surface area contributed by atoms with Gasteiger partial charge in [-0.15, -0.1) is 0 Å². The predicted octanol–water partition coefficient (Wildman–Crippen LogP) is 2.97. The standard InChI is InChI=1S/C18H26N2O3/c1-13(19-17(21)16-10-6-12-23-16)18(22)20-11-5-9-15(20)14-7-3-2-4-8-14/h6,10,12-15H,2-5,7-9,11H2,1H3,(H,19,21). The number of carbonyl (C=O) groups excluding carboxylic acids is 2. The lowest BCUT2D eigenvalue weighted by atomic mass is 9.83. The van der Waals surface area contributed by atoms with Gasteiger partial charge in [-0.05, 0) is 50.7 Å². The van der Waals surface area contributed by atoms with Crippen LogP contribution in [-0.4, -0.2) is 35.3 Å². The van der Waals surface area contributed by atoms with Crippen molar-refractivity contribution < 1.29 is 14.0 Å². The summed E-state index contributed by atoms with van der Waals surface area (Å²) in [6.07, 6.45) is 10.0. The van der Waals surface area contributed by atoms with E-state index < -0.39 is 6.04 Å². The van der Waals surface area contributed by atoms with Crippen molar-refractivity contribution in [3.63, 3.8) is 0 Å². The molecule has 2 amide bonds. The number of nitrogens with zero attached hydrogens (tertiary/aromatic N) is 1. The minimum Gasteiger partial charge on any atom is -0.459 e. The van der Waals surface area contributed by atoms with Crippen LogP contribution < -0.4 is 5.32 Å². The molecule has 5 heteroatoms. The van der Waals surface area contributed by atoms with Crippen LogP contribution in [0.2, 0.25) is 0 Å². The van der Waals surface area contributed by atoms with E-state index >= 15 is 0 Å². The van der Waals surface area contributed by atoms with Crippen molar-refractivity contribution in [3.05, 3.63) is 24.2 Å². The molecule has 1 aromatic rings. The average molecular weight is 318 g/mol. The van der Waals surface area contributed by atoms with E-state index in [1.807, 2.05) is 4.90 Å². The lowest BCUT2D eigenvalue weighted by Crippen LogP contribution is -2.50. The molecule has 0 spiro atoms. The zero-order valence-electron chi connectivity index (χ0n) is 13.8. The highest BCUT2D eigenvalue weighted by Gasteiger charge is 2.37. The van der Waals surface area contributed by atoms with E-state index in [0.717, 1.165) is 19.4 Å². The highest BCUT2D eigenvalue weighted by Crippen LogP contribution is 2.34. The van der Waals surface area contributed by atoms with Crippen molar-refractivity contribution in [1.82, 2.24) is 10.2 Å². The second-order valence-corrected chi connectivity index (χ2v) is 6.81. The Balaban J connectivity index is 1.60. The predicted molar refractivity (Wildman–Crippen MR) is 86.9 cm³/mol. The SMILES string of the molecule is CC(NC(=O)c1ccco1)C(=O)N1CCCC1C1CCCCC1. The summed E-state index contributed by atoms with van der Waals surface area (Å²) in [6.45, 7) is 2.58. The monoisotopic (exact) mass is 318 g/mol. The maximum absolute atomic E-state index is 12.8. The van der Waals surface area contributed by atoms with Gasteiger partial charge in [0.1, 0.15) is 6.04 Å². The van der Waals surface area contributed by atoms with Crippen LogP contribution in [0.25, 0.3) is 0 Å². The first-order valence-corrected chi connectivity index (χ1v) is 8.81. The molecule has 126 valence electrons. The Bertz CT molecular complexity index is 534. The number of carbonyl (C=O) groups is 2. The van der Waals surface area contributed by atoms with E-state index in [1.54, 1.807) is 19.1 Å². The fourth-order valence-electron chi connectivity index (χ4n) is 4.06. The first-order chi connectivity index (χ1) is 11.2. The van der Waals surface area contributed by atoms with Gasteiger partial charge in [0.15, 0.2) is 5.76 Å². The molecule has 3 rings (SSSR count). The van der Waals surface area contributed by atoms with E-state index in [4.69, 9.17) is 4.42 Å². The number of nitrogens with one attached hydrogen (secondary N) is 1. The summed E-state index contributed by atoms with van der Waals surface area (Å²) in [5.74, 6) is 0.598. The summed E-state index contributed by atoms with van der Waals surface area (Å²) in [5.41, 5.74) is 0. The summed E-state index contributed by atoms with van der Waals surface area (Å²) in [4.78, 5) is 26.8. The van der Waals surface area contributed by atoms with Gasteiger partial charge >= 0.3 is 0 Å². The van der Waals surface area contributed by atoms with E-state index in [9.17, 15) is 9.59 Å². The van der Waals surface area contributed by atoms with Crippen LogP contribution in [0.5, 0.6) is 0 Å². The van der Waals surface area contributed by atoms with Gasteiger partial charge < -0.3 is 14.6 Å². The van der Waals surface area contributed by atoms with Gasteiger partial charge in [-0.1, -0.05) is 19.3 Å². The quantitative estimate of drug-likeness (QED) is 0.928. The second-order valence-electron chi connectivity index (χ2n) is 6.81. The Labute approximate surface area is 137 Å². The highest BCUT2D eigenvalue weighted by atomic mass is 16.3. The maximum Gasteiger partial charge on any atom is 0.287 e. The minimum absolute atomic E-state index is 0.0398. The number of likely N-dealkylation sites (tertiary alicyclic amines) is 1. The number of rotatable bonds is 4. The van der Waals surface area contributed by atoms with Crippen LogP contribution in [0, 0.1) is 5.92 Å². The first kappa shape index (κ1) is 16.1. The average Bonchev–Trinajstić information content (AvgIpc) is 3.26. The van der Waals surface area contributed by atoms with Gasteiger partial charge in [0.2, 0.25) is 5.91 Å². The molecule has 1 saturated heterocycles. The highest BCUT2D eigenvalue weighted by molar-refractivity contribution is 5.95. The van der Waals surface area contributed by atoms with Crippen LogP contribution >= 0.6 is 0 Å². The van der Waals surface area contributed by atoms with E-state index in [-0.39, 0.29) is 17.6 Å². The van der Waals surface area contributed by atoms with Gasteiger partial charge in [0.05, 0.1) is 6.26 Å². The molecule has 2 aliphatic rings. The van der Waals surface area contributed by atoms with Crippen molar-refractivity contribution >= 4 is 11.8 Å². The summed E-state index contributed by atoms with van der Waals surface area (Å²) < 4.78 is 5.08. The van der Waals surface area contributed by atoms with Gasteiger partial charge in [-0.2, -0.15) is 0 Å². The van der Waals surface area contributed by atoms with Crippen molar-refractivity contribution in [2.75, 3.05) is 6.54 Å². The summed E-state index contributed by atoms with van der Waals surface area (Å²) in [6, 6.07) is 3.12. The molecule has 0 aromatic carbocycles. The van der Waals surface area contributed by atoms with Gasteiger partial charge in [0.25, 0.3) is 5.91 Å². The summed E-state index contributed by atoms with van der Waals surface area (Å²) >= 11 is 0. The van der Waals surface area contributed by atoms with E-state index in [0.29, 0.717) is 12.0 Å². The smallest absolute Gasteiger partial charge is 0.287 e. The molecular weight excluding hydrogens is 292 g/mol. The Morgan fingerprint density at radius 2 is 2.00 bits per heavy atom. The van der Waals surface area contributed by atoms with Crippen LogP contribution in [0.15, 0.2) is 22.8 Å². The molecule has 1 aliphatic carbocycles. The minimum atomic E-state index is -0.517. The molecule has 5 nitrogen and oxygen atoms in total. The fraction of sp³-hybridized carbons (Fsp3) is 0.667. The Morgan fingerprint density at radius 1 is 1.22 bits per heavy atom. The fourth-order valence-corrected chi connectivity index (χ4v) is 4.06. The second kappa shape index (κ2) is 7.20. The molecule has 1 aliphatic heterocycles. The van der Waals surface area contributed by atoms with Crippen molar-refractivity contribution in [3.8, 4) is 0 Å². The molecule has 1 saturated carbocycles. The molecule has 1 N–H and O–H groups in total. The maximum atomic E-state index is 12.8. The largest absolute Gasteiger partial charge is 0.459 e. The normalized spacial score (nSPS) is 23.7. The van der Waals surface area contributed by atoms with Crippen LogP contribution in [0.3, 0.4) is 0 Å². The van der Waals surface area contributed by atoms with Crippen LogP contribution in [-0.2, 0) is 4.79 Å². The molecule has 23 heavy (non-hydrogen) atoms. The molecule has 0 radical (unpaired) electrons. The third kappa shape index (κ3) is 3.59. The number of hydrogen-bond acceptors (Lipinski definition) is 3. The van der Waals surface area contributed by atoms with Crippen LogP contribution in [0.1, 0.15) is 62.4 Å². The van der Waals surface area contributed by atoms with Gasteiger partial charge in [-0.3, -0.25) is 9.59 Å². The molecule has 2 fully saturated rings. The molecular formula is C18H26N2O3. The Kier molecular flexibility index (Phi) is 5.03. The van der Waals surface area contributed by atoms with Crippen molar-refractivity contribution in [1.29, 1.82) is 0 Å². The topological polar surface area (TPSA) is 62.6 Å². The van der Waals surface area contributed by atoms with Gasteiger partial charge in [-0.25, -0.2) is 0 Å². The summed E-state index contributed by atoms with van der Waals surface area (Å²) in [5, 5.41) is 2.76. The molecule has 0 bridgehead atoms. The zero-order valence-corrected chi connectivity index (χ0v) is 13.8. The lowest BCUT2D eigenvalue weighted by molar-refractivity contribution is -0.134. The molecule has 2 heterocycles. The van der Waals surface area contributed by atoms with Crippen LogP contribution in [0.4, 0.5) is 0 Å². The number of amides is 2. The van der Waals surface area contributed by atoms with Crippen molar-refractivity contribution in [2.24, 2.45) is 5.92 Å². The van der Waals surface area contributed by atoms with Crippen molar-refractivity contribution in [2.45, 2.75) is 64.0 Å². The Hall–Kier alpha value is -1.78. The third-order valence-corrected chi connectivity index (χ3v) is 5.24. The van der Waals surface area contributed by atoms with E-state index in [1.165, 1.54) is 38.4 Å². The number of hydrogen-bond donors (Lipinski definition) is 1. The number of furan rings is 1. The molecule has 1 aromatic heterocycles. The molecule has 2 unspecified atom stereocenters. The zero-order chi connectivity index (χ0) is 16.2.